The van der Waals surface area contributed by atoms with Crippen molar-refractivity contribution in [3.63, 3.8) is 0 Å². The maximum Gasteiger partial charge on any atom is 0.261 e. The second-order valence-corrected chi connectivity index (χ2v) is 12.1. The van der Waals surface area contributed by atoms with E-state index in [0.717, 1.165) is 16.1 Å². The summed E-state index contributed by atoms with van der Waals surface area (Å²) in [6.45, 7) is 4.97. The normalized spacial score (nSPS) is 12.6. The maximum atomic E-state index is 12.9. The summed E-state index contributed by atoms with van der Waals surface area (Å²) in [6, 6.07) is 16.3. The number of carbonyl (C=O) groups is 1. The van der Waals surface area contributed by atoms with Crippen LogP contribution < -0.4 is 14.3 Å². The van der Waals surface area contributed by atoms with E-state index in [0.29, 0.717) is 27.6 Å². The number of rotatable bonds is 8. The molecule has 11 heteroatoms. The van der Waals surface area contributed by atoms with Crippen molar-refractivity contribution in [2.24, 2.45) is 0 Å². The lowest BCUT2D eigenvalue weighted by Crippen LogP contribution is -2.45. The molecular formula is C24H26ClN3O5S2. The van der Waals surface area contributed by atoms with Crippen LogP contribution in [0, 0.1) is 13.8 Å². The second-order valence-electron chi connectivity index (χ2n) is 8.10. The topological polar surface area (TPSA) is 113 Å². The Morgan fingerprint density at radius 1 is 0.914 bits per heavy atom. The first-order chi connectivity index (χ1) is 16.3. The van der Waals surface area contributed by atoms with E-state index in [4.69, 9.17) is 11.6 Å². The number of para-hydroxylation sites is 1. The zero-order valence-corrected chi connectivity index (χ0v) is 22.0. The predicted molar refractivity (Wildman–Crippen MR) is 140 cm³/mol. The number of hydrogen-bond donors (Lipinski definition) is 2. The van der Waals surface area contributed by atoms with Gasteiger partial charge in [0, 0.05) is 10.7 Å². The van der Waals surface area contributed by atoms with Crippen molar-refractivity contribution in [2.45, 2.75) is 31.7 Å². The predicted octanol–water partition coefficient (Wildman–Crippen LogP) is 4.55. The largest absolute Gasteiger partial charge is 0.324 e. The number of hydrogen-bond acceptors (Lipinski definition) is 5. The van der Waals surface area contributed by atoms with Gasteiger partial charge in [0.15, 0.2) is 0 Å². The minimum absolute atomic E-state index is 0.0131. The number of nitrogens with one attached hydrogen (secondary N) is 2. The number of benzene rings is 3. The van der Waals surface area contributed by atoms with Crippen LogP contribution in [0.25, 0.3) is 0 Å². The highest BCUT2D eigenvalue weighted by molar-refractivity contribution is 7.92. The molecule has 0 spiro atoms. The summed E-state index contributed by atoms with van der Waals surface area (Å²) in [7, 11) is -7.66. The Hall–Kier alpha value is -3.08. The van der Waals surface area contributed by atoms with Crippen molar-refractivity contribution < 1.29 is 21.6 Å². The van der Waals surface area contributed by atoms with Gasteiger partial charge in [-0.2, -0.15) is 0 Å². The van der Waals surface area contributed by atoms with Gasteiger partial charge in [-0.15, -0.1) is 0 Å². The van der Waals surface area contributed by atoms with Gasteiger partial charge in [0.05, 0.1) is 22.5 Å². The Bertz CT molecular complexity index is 1460. The van der Waals surface area contributed by atoms with E-state index in [1.165, 1.54) is 37.3 Å². The fraction of sp³-hybridized carbons (Fsp3) is 0.208. The molecule has 0 aliphatic heterocycles. The molecule has 35 heavy (non-hydrogen) atoms. The van der Waals surface area contributed by atoms with E-state index in [1.54, 1.807) is 44.2 Å². The van der Waals surface area contributed by atoms with Gasteiger partial charge < -0.3 is 5.32 Å². The highest BCUT2D eigenvalue weighted by Gasteiger charge is 2.30. The van der Waals surface area contributed by atoms with Crippen LogP contribution in [0.2, 0.25) is 5.02 Å². The average molecular weight is 536 g/mol. The molecule has 0 aliphatic carbocycles. The maximum absolute atomic E-state index is 12.9. The van der Waals surface area contributed by atoms with Crippen molar-refractivity contribution in [3.8, 4) is 0 Å². The third-order valence-corrected chi connectivity index (χ3v) is 8.16. The number of amides is 1. The molecule has 0 saturated carbocycles. The molecule has 3 rings (SSSR count). The molecule has 0 saturated heterocycles. The van der Waals surface area contributed by atoms with Crippen LogP contribution in [0.4, 0.5) is 17.1 Å². The standard InChI is InChI=1S/C24H26ClN3O5S2/c1-16-7-5-6-8-22(16)27-35(32,33)21-13-11-20(12-14-21)26-24(29)18(3)28(34(4,30)31)23-15-19(25)10-9-17(23)2/h5-15,18,27H,1-4H3,(H,26,29)/t18-/m0/s1. The molecule has 0 radical (unpaired) electrons. The fourth-order valence-electron chi connectivity index (χ4n) is 3.46. The molecule has 0 aromatic heterocycles. The van der Waals surface area contributed by atoms with Crippen LogP contribution in [-0.2, 0) is 24.8 Å². The Labute approximate surface area is 211 Å². The third kappa shape index (κ3) is 6.33. The van der Waals surface area contributed by atoms with Gasteiger partial charge in [-0.1, -0.05) is 35.9 Å². The number of anilines is 3. The first kappa shape index (κ1) is 26.5. The summed E-state index contributed by atoms with van der Waals surface area (Å²) in [5.74, 6) is -0.594. The molecule has 2 N–H and O–H groups in total. The van der Waals surface area contributed by atoms with E-state index < -0.39 is 32.0 Å². The highest BCUT2D eigenvalue weighted by atomic mass is 35.5. The SMILES string of the molecule is Cc1ccccc1NS(=O)(=O)c1ccc(NC(=O)[C@H](C)N(c2cc(Cl)ccc2C)S(C)(=O)=O)cc1. The summed E-state index contributed by atoms with van der Waals surface area (Å²) in [5.41, 5.74) is 2.49. The number of halogens is 1. The second kappa shape index (κ2) is 10.3. The number of aryl methyl sites for hydroxylation is 2. The van der Waals surface area contributed by atoms with Crippen molar-refractivity contribution in [1.29, 1.82) is 0 Å². The van der Waals surface area contributed by atoms with Crippen LogP contribution >= 0.6 is 11.6 Å². The minimum Gasteiger partial charge on any atom is -0.324 e. The van der Waals surface area contributed by atoms with E-state index in [1.807, 2.05) is 6.07 Å². The minimum atomic E-state index is -3.84. The molecule has 0 unspecified atom stereocenters. The van der Waals surface area contributed by atoms with E-state index >= 15 is 0 Å². The first-order valence-electron chi connectivity index (χ1n) is 10.5. The Morgan fingerprint density at radius 2 is 1.54 bits per heavy atom. The molecule has 186 valence electrons. The summed E-state index contributed by atoms with van der Waals surface area (Å²) in [4.78, 5) is 13.0. The lowest BCUT2D eigenvalue weighted by atomic mass is 10.1. The number of sulfonamides is 2. The van der Waals surface area contributed by atoms with Crippen molar-refractivity contribution in [2.75, 3.05) is 20.6 Å². The Morgan fingerprint density at radius 3 is 2.14 bits per heavy atom. The molecule has 0 aliphatic rings. The Balaban J connectivity index is 1.80. The quantitative estimate of drug-likeness (QED) is 0.439. The lowest BCUT2D eigenvalue weighted by Gasteiger charge is -2.29. The lowest BCUT2D eigenvalue weighted by molar-refractivity contribution is -0.116. The highest BCUT2D eigenvalue weighted by Crippen LogP contribution is 2.29. The summed E-state index contributed by atoms with van der Waals surface area (Å²) < 4.78 is 54.1. The monoisotopic (exact) mass is 535 g/mol. The van der Waals surface area contributed by atoms with Crippen LogP contribution in [0.5, 0.6) is 0 Å². The van der Waals surface area contributed by atoms with Crippen molar-refractivity contribution in [1.82, 2.24) is 0 Å². The summed E-state index contributed by atoms with van der Waals surface area (Å²) in [6.07, 6.45) is 1.01. The molecule has 0 heterocycles. The van der Waals surface area contributed by atoms with Gasteiger partial charge in [0.1, 0.15) is 6.04 Å². The fourth-order valence-corrected chi connectivity index (χ4v) is 5.98. The number of nitrogens with zero attached hydrogens (tertiary/aromatic N) is 1. The summed E-state index contributed by atoms with van der Waals surface area (Å²) >= 11 is 6.06. The number of carbonyl (C=O) groups excluding carboxylic acids is 1. The molecule has 1 amide bonds. The van der Waals surface area contributed by atoms with Crippen molar-refractivity contribution in [3.05, 3.63) is 82.9 Å². The smallest absolute Gasteiger partial charge is 0.261 e. The first-order valence-corrected chi connectivity index (χ1v) is 14.3. The molecule has 3 aromatic carbocycles. The van der Waals surface area contributed by atoms with Gasteiger partial charge >= 0.3 is 0 Å². The van der Waals surface area contributed by atoms with Crippen molar-refractivity contribution >= 4 is 54.6 Å². The van der Waals surface area contributed by atoms with Gasteiger partial charge in [-0.25, -0.2) is 16.8 Å². The van der Waals surface area contributed by atoms with Crippen LogP contribution in [0.3, 0.4) is 0 Å². The molecule has 0 fully saturated rings. The van der Waals surface area contributed by atoms with E-state index in [9.17, 15) is 21.6 Å². The Kier molecular flexibility index (Phi) is 7.78. The molecular weight excluding hydrogens is 510 g/mol. The third-order valence-electron chi connectivity index (χ3n) is 5.32. The van der Waals surface area contributed by atoms with Gasteiger partial charge in [-0.05, 0) is 74.4 Å². The molecule has 0 bridgehead atoms. The van der Waals surface area contributed by atoms with E-state index in [-0.39, 0.29) is 4.90 Å². The van der Waals surface area contributed by atoms with Gasteiger partial charge in [-0.3, -0.25) is 13.8 Å². The zero-order chi connectivity index (χ0) is 26.0. The molecule has 1 atom stereocenters. The zero-order valence-electron chi connectivity index (χ0n) is 19.6. The molecule has 8 nitrogen and oxygen atoms in total. The van der Waals surface area contributed by atoms with Gasteiger partial charge in [0.25, 0.3) is 10.0 Å². The molecule has 3 aromatic rings. The van der Waals surface area contributed by atoms with Crippen LogP contribution in [-0.4, -0.2) is 35.0 Å². The van der Waals surface area contributed by atoms with Crippen LogP contribution in [0.1, 0.15) is 18.1 Å². The van der Waals surface area contributed by atoms with Gasteiger partial charge in [0.2, 0.25) is 15.9 Å². The van der Waals surface area contributed by atoms with E-state index in [2.05, 4.69) is 10.0 Å². The van der Waals surface area contributed by atoms with Crippen LogP contribution in [0.15, 0.2) is 71.6 Å². The average Bonchev–Trinajstić information content (AvgIpc) is 2.77. The summed E-state index contributed by atoms with van der Waals surface area (Å²) in [5, 5.41) is 2.98.